The molecular weight excluding hydrogens is 312 g/mol. The monoisotopic (exact) mass is 354 g/mol. The Hall–Kier alpha value is -0.260. The summed E-state index contributed by atoms with van der Waals surface area (Å²) in [6, 6.07) is 0. The normalized spacial score (nSPS) is 45.3. The van der Waals surface area contributed by atoms with E-state index in [-0.39, 0.29) is 0 Å². The summed E-state index contributed by atoms with van der Waals surface area (Å²) in [5, 5.41) is 0. The Bertz CT molecular complexity index is 557. The zero-order valence-corrected chi connectivity index (χ0v) is 17.7. The minimum absolute atomic E-state index is 0.706. The third-order valence-electron chi connectivity index (χ3n) is 10.3. The molecule has 0 N–H and O–H groups in total. The van der Waals surface area contributed by atoms with Gasteiger partial charge in [-0.15, -0.1) is 0 Å². The summed E-state index contributed by atoms with van der Waals surface area (Å²) in [5.41, 5.74) is 4.70. The van der Waals surface area contributed by atoms with Crippen molar-refractivity contribution in [1.82, 2.24) is 0 Å². The predicted octanol–water partition coefficient (Wildman–Crippen LogP) is 7.78. The molecule has 0 nitrogen and oxygen atoms in total. The van der Waals surface area contributed by atoms with E-state index in [4.69, 9.17) is 0 Å². The van der Waals surface area contributed by atoms with Crippen LogP contribution in [0.1, 0.15) is 104 Å². The molecule has 0 heteroatoms. The van der Waals surface area contributed by atoms with Crippen LogP contribution in [0.3, 0.4) is 0 Å². The molecular formula is C26H42. The van der Waals surface area contributed by atoms with Gasteiger partial charge in [-0.25, -0.2) is 0 Å². The van der Waals surface area contributed by atoms with E-state index in [1.165, 1.54) is 64.2 Å². The smallest absolute Gasteiger partial charge is 0.0166 e. The van der Waals surface area contributed by atoms with Crippen LogP contribution < -0.4 is 0 Å². The molecule has 0 heterocycles. The van der Waals surface area contributed by atoms with Gasteiger partial charge in [-0.2, -0.15) is 0 Å². The number of hydrogen-bond donors (Lipinski definition) is 0. The van der Waals surface area contributed by atoms with Crippen molar-refractivity contribution < 1.29 is 0 Å². The van der Waals surface area contributed by atoms with Gasteiger partial charge in [-0.05, 0) is 98.2 Å². The maximum atomic E-state index is 2.49. The Morgan fingerprint density at radius 2 is 1.58 bits per heavy atom. The quantitative estimate of drug-likeness (QED) is 0.427. The van der Waals surface area contributed by atoms with E-state index in [2.05, 4.69) is 26.3 Å². The molecule has 0 aromatic rings. The van der Waals surface area contributed by atoms with Crippen LogP contribution in [0.15, 0.2) is 11.1 Å². The van der Waals surface area contributed by atoms with Crippen LogP contribution in [-0.2, 0) is 0 Å². The van der Waals surface area contributed by atoms with Crippen LogP contribution >= 0.6 is 0 Å². The molecule has 26 heavy (non-hydrogen) atoms. The van der Waals surface area contributed by atoms with Gasteiger partial charge in [0.05, 0.1) is 0 Å². The van der Waals surface area contributed by atoms with Crippen molar-refractivity contribution >= 4 is 0 Å². The van der Waals surface area contributed by atoms with Gasteiger partial charge in [0.2, 0.25) is 0 Å². The maximum absolute atomic E-state index is 2.49. The molecule has 0 spiro atoms. The van der Waals surface area contributed by atoms with E-state index < -0.39 is 0 Å². The van der Waals surface area contributed by atoms with Crippen LogP contribution in [0.2, 0.25) is 0 Å². The third kappa shape index (κ3) is 2.68. The van der Waals surface area contributed by atoms with Crippen molar-refractivity contribution in [2.75, 3.05) is 0 Å². The lowest BCUT2D eigenvalue weighted by molar-refractivity contribution is 0.141. The zero-order valence-electron chi connectivity index (χ0n) is 17.7. The van der Waals surface area contributed by atoms with Crippen LogP contribution in [0.4, 0.5) is 0 Å². The fourth-order valence-corrected chi connectivity index (χ4v) is 8.88. The fourth-order valence-electron chi connectivity index (χ4n) is 8.88. The average Bonchev–Trinajstić information content (AvgIpc) is 3.05. The second kappa shape index (κ2) is 6.66. The Labute approximate surface area is 162 Å². The lowest BCUT2D eigenvalue weighted by Crippen LogP contribution is -2.32. The summed E-state index contributed by atoms with van der Waals surface area (Å²) in [6.45, 7) is 7.46. The predicted molar refractivity (Wildman–Crippen MR) is 111 cm³/mol. The second-order valence-corrected chi connectivity index (χ2v) is 11.1. The van der Waals surface area contributed by atoms with Crippen LogP contribution in [0, 0.1) is 46.8 Å². The van der Waals surface area contributed by atoms with Gasteiger partial charge < -0.3 is 0 Å². The maximum Gasteiger partial charge on any atom is -0.0166 e. The summed E-state index contributed by atoms with van der Waals surface area (Å²) in [4.78, 5) is 0. The van der Waals surface area contributed by atoms with Crippen molar-refractivity contribution in [2.45, 2.75) is 104 Å². The highest BCUT2D eigenvalue weighted by atomic mass is 14.6. The molecule has 5 aliphatic rings. The minimum Gasteiger partial charge on any atom is -0.0701 e. The summed E-state index contributed by atoms with van der Waals surface area (Å²) < 4.78 is 0. The van der Waals surface area contributed by atoms with Gasteiger partial charge >= 0.3 is 0 Å². The second-order valence-electron chi connectivity index (χ2n) is 11.1. The Kier molecular flexibility index (Phi) is 4.57. The molecule has 5 rings (SSSR count). The molecule has 0 radical (unpaired) electrons. The van der Waals surface area contributed by atoms with Crippen LogP contribution in [0.25, 0.3) is 0 Å². The summed E-state index contributed by atoms with van der Waals surface area (Å²) in [5.74, 6) is 7.60. The lowest BCUT2D eigenvalue weighted by Gasteiger charge is -2.39. The largest absolute Gasteiger partial charge is 0.0701 e. The highest BCUT2D eigenvalue weighted by Gasteiger charge is 2.60. The third-order valence-corrected chi connectivity index (χ3v) is 10.3. The van der Waals surface area contributed by atoms with Gasteiger partial charge in [0.15, 0.2) is 0 Å². The number of allylic oxidation sites excluding steroid dienone is 2. The van der Waals surface area contributed by atoms with E-state index >= 15 is 0 Å². The van der Waals surface area contributed by atoms with E-state index in [1.807, 2.05) is 5.57 Å². The van der Waals surface area contributed by atoms with Gasteiger partial charge in [0.1, 0.15) is 0 Å². The molecule has 0 saturated heterocycles. The van der Waals surface area contributed by atoms with E-state index in [0.717, 1.165) is 41.4 Å². The average molecular weight is 355 g/mol. The van der Waals surface area contributed by atoms with E-state index in [1.54, 1.807) is 19.3 Å². The molecule has 0 amide bonds. The molecule has 5 aliphatic carbocycles. The van der Waals surface area contributed by atoms with Gasteiger partial charge in [0.25, 0.3) is 0 Å². The molecule has 7 atom stereocenters. The van der Waals surface area contributed by atoms with Gasteiger partial charge in [0, 0.05) is 0 Å². The topological polar surface area (TPSA) is 0 Å². The zero-order chi connectivity index (χ0) is 17.9. The fraction of sp³-hybridized carbons (Fsp3) is 0.923. The first kappa shape index (κ1) is 17.8. The van der Waals surface area contributed by atoms with Gasteiger partial charge in [-0.1, -0.05) is 64.0 Å². The minimum atomic E-state index is 0.706. The van der Waals surface area contributed by atoms with Crippen LogP contribution in [-0.4, -0.2) is 0 Å². The Morgan fingerprint density at radius 3 is 2.19 bits per heavy atom. The first-order valence-electron chi connectivity index (χ1n) is 12.4. The molecule has 146 valence electrons. The van der Waals surface area contributed by atoms with E-state index in [9.17, 15) is 0 Å². The highest BCUT2D eigenvalue weighted by Crippen LogP contribution is 2.68. The Morgan fingerprint density at radius 1 is 0.885 bits per heavy atom. The molecule has 5 saturated carbocycles. The number of hydrogen-bond acceptors (Lipinski definition) is 0. The van der Waals surface area contributed by atoms with Crippen molar-refractivity contribution in [3.05, 3.63) is 11.1 Å². The molecule has 0 aliphatic heterocycles. The van der Waals surface area contributed by atoms with Crippen molar-refractivity contribution in [3.63, 3.8) is 0 Å². The van der Waals surface area contributed by atoms with Gasteiger partial charge in [-0.3, -0.25) is 0 Å². The SMILES string of the molecule is CCC1CC(CC)C2C3CC(CC3C(CC3(CC)CCCC3)=C3CC3)C12. The lowest BCUT2D eigenvalue weighted by atomic mass is 9.65. The summed E-state index contributed by atoms with van der Waals surface area (Å²) in [6.07, 6.45) is 19.7. The van der Waals surface area contributed by atoms with Crippen molar-refractivity contribution in [3.8, 4) is 0 Å². The van der Waals surface area contributed by atoms with Crippen molar-refractivity contribution in [1.29, 1.82) is 0 Å². The molecule has 0 aromatic carbocycles. The number of fused-ring (bicyclic) bond motifs is 5. The van der Waals surface area contributed by atoms with Crippen molar-refractivity contribution in [2.24, 2.45) is 46.8 Å². The standard InChI is InChI=1S/C26H42/c1-4-17-13-18(5-2)25-22-15-20(24(17)25)14-21(22)23(19-9-10-19)16-26(6-3)11-7-8-12-26/h17-18,20-22,24-25H,4-16H2,1-3H3. The van der Waals surface area contributed by atoms with Crippen LogP contribution in [0.5, 0.6) is 0 Å². The molecule has 2 bridgehead atoms. The Balaban J connectivity index is 1.40. The molecule has 5 fully saturated rings. The summed E-state index contributed by atoms with van der Waals surface area (Å²) in [7, 11) is 0. The summed E-state index contributed by atoms with van der Waals surface area (Å²) >= 11 is 0. The molecule has 7 unspecified atom stereocenters. The number of rotatable bonds is 6. The first-order chi connectivity index (χ1) is 12.7. The highest BCUT2D eigenvalue weighted by molar-refractivity contribution is 5.31. The molecule has 0 aromatic heterocycles. The van der Waals surface area contributed by atoms with E-state index in [0.29, 0.717) is 5.41 Å². The first-order valence-corrected chi connectivity index (χ1v) is 12.4.